The van der Waals surface area contributed by atoms with Crippen LogP contribution in [0.25, 0.3) is 0 Å². The van der Waals surface area contributed by atoms with Gasteiger partial charge in [-0.3, -0.25) is 9.36 Å². The predicted molar refractivity (Wildman–Crippen MR) is 102 cm³/mol. The van der Waals surface area contributed by atoms with Crippen LogP contribution in [0.4, 0.5) is 11.6 Å². The Morgan fingerprint density at radius 1 is 1.00 bits per heavy atom. The number of carbonyl (C=O) groups is 1. The number of carbonyl (C=O) groups excluding carboxylic acids is 1. The monoisotopic (exact) mass is 365 g/mol. The van der Waals surface area contributed by atoms with Crippen molar-refractivity contribution in [3.05, 3.63) is 66.2 Å². The molecule has 0 aliphatic carbocycles. The SMILES string of the molecule is O=C(CSc1nnc2n1CCN2c1ccccc1)NCc1ccccc1. The molecule has 6 nitrogen and oxygen atoms in total. The lowest BCUT2D eigenvalue weighted by molar-refractivity contribution is -0.118. The molecule has 1 aromatic heterocycles. The van der Waals surface area contributed by atoms with Crippen molar-refractivity contribution in [3.8, 4) is 0 Å². The van der Waals surface area contributed by atoms with Gasteiger partial charge in [0.2, 0.25) is 11.9 Å². The van der Waals surface area contributed by atoms with Crippen molar-refractivity contribution >= 4 is 29.3 Å². The lowest BCUT2D eigenvalue weighted by atomic mass is 10.2. The summed E-state index contributed by atoms with van der Waals surface area (Å²) in [5, 5.41) is 12.3. The molecular weight excluding hydrogens is 346 g/mol. The Hall–Kier alpha value is -2.80. The summed E-state index contributed by atoms with van der Waals surface area (Å²) in [6.07, 6.45) is 0. The summed E-state index contributed by atoms with van der Waals surface area (Å²) in [5.74, 6) is 1.16. The molecule has 0 bridgehead atoms. The number of thioether (sulfide) groups is 1. The first-order chi connectivity index (χ1) is 12.8. The van der Waals surface area contributed by atoms with Crippen LogP contribution in [0.1, 0.15) is 5.56 Å². The Balaban J connectivity index is 1.35. The van der Waals surface area contributed by atoms with Crippen LogP contribution < -0.4 is 10.2 Å². The average Bonchev–Trinajstić information content (AvgIpc) is 3.28. The lowest BCUT2D eigenvalue weighted by Gasteiger charge is -2.14. The van der Waals surface area contributed by atoms with E-state index in [1.165, 1.54) is 11.8 Å². The van der Waals surface area contributed by atoms with Gasteiger partial charge in [0.1, 0.15) is 0 Å². The topological polar surface area (TPSA) is 63.1 Å². The van der Waals surface area contributed by atoms with Crippen LogP contribution in [-0.2, 0) is 17.9 Å². The molecule has 132 valence electrons. The highest BCUT2D eigenvalue weighted by Gasteiger charge is 2.26. The van der Waals surface area contributed by atoms with Crippen LogP contribution in [0, 0.1) is 0 Å². The molecule has 2 heterocycles. The quantitative estimate of drug-likeness (QED) is 0.681. The fourth-order valence-corrected chi connectivity index (χ4v) is 3.70. The normalized spacial score (nSPS) is 12.8. The number of para-hydroxylation sites is 1. The molecule has 0 saturated heterocycles. The van der Waals surface area contributed by atoms with Gasteiger partial charge in [0.25, 0.3) is 0 Å². The van der Waals surface area contributed by atoms with Crippen molar-refractivity contribution in [1.82, 2.24) is 20.1 Å². The molecule has 0 atom stereocenters. The lowest BCUT2D eigenvalue weighted by Crippen LogP contribution is -2.24. The van der Waals surface area contributed by atoms with Gasteiger partial charge in [-0.2, -0.15) is 0 Å². The van der Waals surface area contributed by atoms with Gasteiger partial charge in [-0.15, -0.1) is 10.2 Å². The number of hydrogen-bond acceptors (Lipinski definition) is 5. The van der Waals surface area contributed by atoms with Crippen LogP contribution in [0.5, 0.6) is 0 Å². The molecule has 0 spiro atoms. The van der Waals surface area contributed by atoms with Crippen molar-refractivity contribution in [3.63, 3.8) is 0 Å². The fourth-order valence-electron chi connectivity index (χ4n) is 2.91. The van der Waals surface area contributed by atoms with E-state index in [1.54, 1.807) is 0 Å². The number of rotatable bonds is 6. The second-order valence-electron chi connectivity index (χ2n) is 5.97. The third-order valence-electron chi connectivity index (χ3n) is 4.22. The number of aromatic nitrogens is 3. The first-order valence-corrected chi connectivity index (χ1v) is 9.49. The third kappa shape index (κ3) is 3.57. The highest BCUT2D eigenvalue weighted by Crippen LogP contribution is 2.31. The van der Waals surface area contributed by atoms with Gasteiger partial charge < -0.3 is 10.2 Å². The zero-order chi connectivity index (χ0) is 17.8. The van der Waals surface area contributed by atoms with Gasteiger partial charge in [-0.1, -0.05) is 60.3 Å². The number of hydrogen-bond donors (Lipinski definition) is 1. The van der Waals surface area contributed by atoms with E-state index in [-0.39, 0.29) is 5.91 Å². The maximum atomic E-state index is 12.1. The number of benzene rings is 2. The average molecular weight is 365 g/mol. The highest BCUT2D eigenvalue weighted by atomic mass is 32.2. The van der Waals surface area contributed by atoms with Crippen molar-refractivity contribution < 1.29 is 4.79 Å². The Morgan fingerprint density at radius 3 is 2.50 bits per heavy atom. The first-order valence-electron chi connectivity index (χ1n) is 8.50. The third-order valence-corrected chi connectivity index (χ3v) is 5.19. The molecular formula is C19H19N5OS. The molecule has 0 fully saturated rings. The second kappa shape index (κ2) is 7.61. The van der Waals surface area contributed by atoms with E-state index in [0.717, 1.165) is 35.4 Å². The molecule has 0 saturated carbocycles. The first kappa shape index (κ1) is 16.7. The molecule has 0 unspecified atom stereocenters. The van der Waals surface area contributed by atoms with Crippen LogP contribution in [-0.4, -0.2) is 33.0 Å². The van der Waals surface area contributed by atoms with E-state index in [2.05, 4.69) is 37.1 Å². The van der Waals surface area contributed by atoms with Gasteiger partial charge in [0, 0.05) is 25.3 Å². The van der Waals surface area contributed by atoms with Crippen LogP contribution in [0.15, 0.2) is 65.8 Å². The Kier molecular flexibility index (Phi) is 4.88. The molecule has 26 heavy (non-hydrogen) atoms. The van der Waals surface area contributed by atoms with Crippen LogP contribution >= 0.6 is 11.8 Å². The maximum Gasteiger partial charge on any atom is 0.232 e. The fraction of sp³-hybridized carbons (Fsp3) is 0.211. The second-order valence-corrected chi connectivity index (χ2v) is 6.91. The summed E-state index contributed by atoms with van der Waals surface area (Å²) in [6, 6.07) is 20.0. The molecule has 4 rings (SSSR count). The van der Waals surface area contributed by atoms with Crippen molar-refractivity contribution in [2.24, 2.45) is 0 Å². The van der Waals surface area contributed by atoms with E-state index < -0.39 is 0 Å². The molecule has 1 amide bonds. The van der Waals surface area contributed by atoms with E-state index in [0.29, 0.717) is 12.3 Å². The van der Waals surface area contributed by atoms with Gasteiger partial charge >= 0.3 is 0 Å². The summed E-state index contributed by atoms with van der Waals surface area (Å²) >= 11 is 1.42. The van der Waals surface area contributed by atoms with Crippen molar-refractivity contribution in [2.75, 3.05) is 17.2 Å². The summed E-state index contributed by atoms with van der Waals surface area (Å²) in [6.45, 7) is 2.23. The minimum absolute atomic E-state index is 0.00545. The Bertz CT molecular complexity index is 881. The van der Waals surface area contributed by atoms with Crippen LogP contribution in [0.2, 0.25) is 0 Å². The number of fused-ring (bicyclic) bond motifs is 1. The predicted octanol–water partition coefficient (Wildman–Crippen LogP) is 2.84. The summed E-state index contributed by atoms with van der Waals surface area (Å²) in [7, 11) is 0. The standard InChI is InChI=1S/C19H19N5OS/c25-17(20-13-15-7-3-1-4-8-15)14-26-19-22-21-18-23(11-12-24(18)19)16-9-5-2-6-10-16/h1-10H,11-14H2,(H,20,25). The van der Waals surface area contributed by atoms with E-state index >= 15 is 0 Å². The van der Waals surface area contributed by atoms with Gasteiger partial charge in [-0.05, 0) is 17.7 Å². The Labute approximate surface area is 156 Å². The van der Waals surface area contributed by atoms with Gasteiger partial charge in [0.05, 0.1) is 5.75 Å². The highest BCUT2D eigenvalue weighted by molar-refractivity contribution is 7.99. The molecule has 1 aliphatic heterocycles. The van der Waals surface area contributed by atoms with E-state index in [9.17, 15) is 4.79 Å². The molecule has 7 heteroatoms. The summed E-state index contributed by atoms with van der Waals surface area (Å²) < 4.78 is 2.07. The minimum atomic E-state index is -0.00545. The molecule has 0 radical (unpaired) electrons. The summed E-state index contributed by atoms with van der Waals surface area (Å²) in [4.78, 5) is 14.2. The number of nitrogens with one attached hydrogen (secondary N) is 1. The number of amides is 1. The van der Waals surface area contributed by atoms with E-state index in [4.69, 9.17) is 0 Å². The zero-order valence-electron chi connectivity index (χ0n) is 14.2. The van der Waals surface area contributed by atoms with Crippen LogP contribution in [0.3, 0.4) is 0 Å². The van der Waals surface area contributed by atoms with Crippen molar-refractivity contribution in [1.29, 1.82) is 0 Å². The summed E-state index contributed by atoms with van der Waals surface area (Å²) in [5.41, 5.74) is 2.20. The molecule has 1 aliphatic rings. The smallest absolute Gasteiger partial charge is 0.232 e. The maximum absolute atomic E-state index is 12.1. The van der Waals surface area contributed by atoms with E-state index in [1.807, 2.05) is 48.5 Å². The number of anilines is 2. The van der Waals surface area contributed by atoms with Gasteiger partial charge in [0.15, 0.2) is 5.16 Å². The van der Waals surface area contributed by atoms with Crippen molar-refractivity contribution in [2.45, 2.75) is 18.2 Å². The molecule has 1 N–H and O–H groups in total. The zero-order valence-corrected chi connectivity index (χ0v) is 15.0. The largest absolute Gasteiger partial charge is 0.351 e. The minimum Gasteiger partial charge on any atom is -0.351 e. The molecule has 2 aromatic carbocycles. The molecule has 3 aromatic rings. The number of nitrogens with zero attached hydrogens (tertiary/aromatic N) is 4. The Morgan fingerprint density at radius 2 is 1.73 bits per heavy atom. The van der Waals surface area contributed by atoms with Gasteiger partial charge in [-0.25, -0.2) is 0 Å².